The van der Waals surface area contributed by atoms with Gasteiger partial charge >= 0.3 is 0 Å². The van der Waals surface area contributed by atoms with E-state index in [4.69, 9.17) is 16.3 Å². The van der Waals surface area contributed by atoms with Crippen molar-refractivity contribution in [3.05, 3.63) is 41.7 Å². The Morgan fingerprint density at radius 1 is 1.32 bits per heavy atom. The molecule has 2 heterocycles. The number of carbonyl (C=O) groups is 1. The van der Waals surface area contributed by atoms with Crippen LogP contribution in [0.5, 0.6) is 5.75 Å². The molecule has 1 N–H and O–H groups in total. The highest BCUT2D eigenvalue weighted by Gasteiger charge is 2.12. The number of aromatic nitrogens is 3. The molecule has 0 aliphatic carbocycles. The van der Waals surface area contributed by atoms with Gasteiger partial charge in [-0.1, -0.05) is 11.6 Å². The normalized spacial score (nSPS) is 10.7. The second-order valence-electron chi connectivity index (χ2n) is 4.68. The highest BCUT2D eigenvalue weighted by molar-refractivity contribution is 6.29. The molecule has 0 radical (unpaired) electrons. The van der Waals surface area contributed by atoms with Crippen molar-refractivity contribution >= 4 is 28.8 Å². The summed E-state index contributed by atoms with van der Waals surface area (Å²) < 4.78 is 7.00. The second kappa shape index (κ2) is 5.65. The minimum absolute atomic E-state index is 0.138. The largest absolute Gasteiger partial charge is 0.496 e. The molecule has 0 spiro atoms. The van der Waals surface area contributed by atoms with Crippen molar-refractivity contribution in [3.63, 3.8) is 0 Å². The molecule has 0 bridgehead atoms. The molecule has 1 aromatic carbocycles. The first kappa shape index (κ1) is 14.3. The van der Waals surface area contributed by atoms with Crippen molar-refractivity contribution in [2.24, 2.45) is 0 Å². The minimum Gasteiger partial charge on any atom is -0.496 e. The van der Waals surface area contributed by atoms with E-state index in [1.54, 1.807) is 42.1 Å². The number of fused-ring (bicyclic) bond motifs is 1. The Bertz CT molecular complexity index is 860. The molecule has 0 saturated carbocycles. The molecule has 0 fully saturated rings. The maximum Gasteiger partial charge on any atom is 0.221 e. The predicted octanol–water partition coefficient (Wildman–Crippen LogP) is 3.02. The number of halogens is 1. The molecule has 0 saturated heterocycles. The summed E-state index contributed by atoms with van der Waals surface area (Å²) in [4.78, 5) is 15.6. The van der Waals surface area contributed by atoms with Crippen molar-refractivity contribution in [2.75, 3.05) is 12.4 Å². The quantitative estimate of drug-likeness (QED) is 0.806. The third kappa shape index (κ3) is 2.73. The van der Waals surface area contributed by atoms with E-state index in [9.17, 15) is 4.79 Å². The van der Waals surface area contributed by atoms with Crippen molar-refractivity contribution < 1.29 is 9.53 Å². The van der Waals surface area contributed by atoms with E-state index in [1.165, 1.54) is 6.92 Å². The molecule has 112 valence electrons. The highest BCUT2D eigenvalue weighted by Crippen LogP contribution is 2.32. The summed E-state index contributed by atoms with van der Waals surface area (Å²) in [6.07, 6.45) is 1.77. The zero-order valence-electron chi connectivity index (χ0n) is 12.0. The lowest BCUT2D eigenvalue weighted by Crippen LogP contribution is -2.05. The first-order valence-corrected chi connectivity index (χ1v) is 6.92. The molecule has 0 unspecified atom stereocenters. The van der Waals surface area contributed by atoms with E-state index >= 15 is 0 Å². The number of hydrogen-bond donors (Lipinski definition) is 1. The summed E-state index contributed by atoms with van der Waals surface area (Å²) >= 11 is 5.88. The van der Waals surface area contributed by atoms with Gasteiger partial charge in [0.05, 0.1) is 19.0 Å². The predicted molar refractivity (Wildman–Crippen MR) is 84.3 cm³/mol. The number of nitrogens with one attached hydrogen (secondary N) is 1. The van der Waals surface area contributed by atoms with Crippen molar-refractivity contribution in [1.29, 1.82) is 0 Å². The van der Waals surface area contributed by atoms with Crippen LogP contribution in [0.2, 0.25) is 5.15 Å². The molecule has 3 aromatic rings. The second-order valence-corrected chi connectivity index (χ2v) is 5.07. The number of nitrogens with zero attached hydrogens (tertiary/aromatic N) is 3. The fraction of sp³-hybridized carbons (Fsp3) is 0.133. The molecule has 7 heteroatoms. The van der Waals surface area contributed by atoms with E-state index in [0.717, 1.165) is 5.56 Å². The van der Waals surface area contributed by atoms with Crippen LogP contribution >= 0.6 is 11.6 Å². The lowest BCUT2D eigenvalue weighted by Gasteiger charge is -2.09. The molecule has 0 aliphatic rings. The summed E-state index contributed by atoms with van der Waals surface area (Å²) in [5, 5.41) is 7.27. The van der Waals surface area contributed by atoms with Gasteiger partial charge in [-0.15, -0.1) is 0 Å². The monoisotopic (exact) mass is 316 g/mol. The molecule has 1 amide bonds. The van der Waals surface area contributed by atoms with Crippen LogP contribution in [0.25, 0.3) is 16.9 Å². The van der Waals surface area contributed by atoms with Crippen LogP contribution in [0, 0.1) is 0 Å². The Hall–Kier alpha value is -2.60. The summed E-state index contributed by atoms with van der Waals surface area (Å²) in [5.41, 5.74) is 2.87. The van der Waals surface area contributed by atoms with E-state index in [2.05, 4.69) is 15.4 Å². The lowest BCUT2D eigenvalue weighted by molar-refractivity contribution is -0.114. The van der Waals surface area contributed by atoms with Gasteiger partial charge in [-0.3, -0.25) is 4.79 Å². The van der Waals surface area contributed by atoms with Gasteiger partial charge in [0.2, 0.25) is 5.91 Å². The molecule has 6 nitrogen and oxygen atoms in total. The van der Waals surface area contributed by atoms with E-state index < -0.39 is 0 Å². The Morgan fingerprint density at radius 2 is 2.14 bits per heavy atom. The van der Waals surface area contributed by atoms with Crippen molar-refractivity contribution in [1.82, 2.24) is 14.6 Å². The SMILES string of the molecule is COc1cc(NC(C)=O)ccc1-c1cn2nc(Cl)ccc2n1. The smallest absolute Gasteiger partial charge is 0.221 e. The zero-order valence-corrected chi connectivity index (χ0v) is 12.8. The number of hydrogen-bond acceptors (Lipinski definition) is 4. The highest BCUT2D eigenvalue weighted by atomic mass is 35.5. The van der Waals surface area contributed by atoms with Gasteiger partial charge in [0.15, 0.2) is 5.65 Å². The van der Waals surface area contributed by atoms with Gasteiger partial charge in [0, 0.05) is 24.2 Å². The molecule has 2 aromatic heterocycles. The number of methoxy groups -OCH3 is 1. The molecule has 0 atom stereocenters. The zero-order chi connectivity index (χ0) is 15.7. The fourth-order valence-corrected chi connectivity index (χ4v) is 2.32. The van der Waals surface area contributed by atoms with Crippen LogP contribution in [0.3, 0.4) is 0 Å². The molecule has 22 heavy (non-hydrogen) atoms. The topological polar surface area (TPSA) is 68.5 Å². The number of anilines is 1. The standard InChI is InChI=1S/C15H13ClN4O2/c1-9(21)17-10-3-4-11(13(7-10)22-2)12-8-20-15(18-12)6-5-14(16)19-20/h3-8H,1-2H3,(H,17,21). The molecular formula is C15H13ClN4O2. The van der Waals surface area contributed by atoms with Gasteiger partial charge in [-0.05, 0) is 24.3 Å². The Kier molecular flexibility index (Phi) is 3.68. The third-order valence-electron chi connectivity index (χ3n) is 3.09. The van der Waals surface area contributed by atoms with Crippen LogP contribution in [0.4, 0.5) is 5.69 Å². The number of imidazole rings is 1. The van der Waals surface area contributed by atoms with Gasteiger partial charge < -0.3 is 10.1 Å². The third-order valence-corrected chi connectivity index (χ3v) is 3.29. The fourth-order valence-electron chi connectivity index (χ4n) is 2.17. The molecular weight excluding hydrogens is 304 g/mol. The van der Waals surface area contributed by atoms with E-state index in [-0.39, 0.29) is 5.91 Å². The Labute approximate surface area is 131 Å². The van der Waals surface area contributed by atoms with Crippen LogP contribution in [-0.2, 0) is 4.79 Å². The van der Waals surface area contributed by atoms with E-state index in [1.807, 2.05) is 6.07 Å². The number of carbonyl (C=O) groups excluding carboxylic acids is 1. The summed E-state index contributed by atoms with van der Waals surface area (Å²) in [6, 6.07) is 8.86. The van der Waals surface area contributed by atoms with Crippen molar-refractivity contribution in [2.45, 2.75) is 6.92 Å². The van der Waals surface area contributed by atoms with Crippen LogP contribution < -0.4 is 10.1 Å². The number of benzene rings is 1. The van der Waals surface area contributed by atoms with Gasteiger partial charge in [-0.25, -0.2) is 9.50 Å². The summed E-state index contributed by atoms with van der Waals surface area (Å²) in [5.74, 6) is 0.474. The lowest BCUT2D eigenvalue weighted by atomic mass is 10.1. The van der Waals surface area contributed by atoms with Gasteiger partial charge in [0.25, 0.3) is 0 Å². The Balaban J connectivity index is 2.07. The minimum atomic E-state index is -0.138. The summed E-state index contributed by atoms with van der Waals surface area (Å²) in [7, 11) is 1.57. The number of ether oxygens (including phenoxy) is 1. The van der Waals surface area contributed by atoms with Gasteiger partial charge in [0.1, 0.15) is 10.9 Å². The van der Waals surface area contributed by atoms with Gasteiger partial charge in [-0.2, -0.15) is 5.10 Å². The average molecular weight is 317 g/mol. The maximum atomic E-state index is 11.1. The number of amides is 1. The first-order valence-electron chi connectivity index (χ1n) is 6.55. The number of rotatable bonds is 3. The van der Waals surface area contributed by atoms with Crippen LogP contribution in [-0.4, -0.2) is 27.6 Å². The van der Waals surface area contributed by atoms with Crippen molar-refractivity contribution in [3.8, 4) is 17.0 Å². The summed E-state index contributed by atoms with van der Waals surface area (Å²) in [6.45, 7) is 1.46. The maximum absolute atomic E-state index is 11.1. The average Bonchev–Trinajstić information content (AvgIpc) is 2.89. The molecule has 3 rings (SSSR count). The first-order chi connectivity index (χ1) is 10.6. The van der Waals surface area contributed by atoms with Crippen LogP contribution in [0.15, 0.2) is 36.5 Å². The molecule has 0 aliphatic heterocycles. The Morgan fingerprint density at radius 3 is 2.86 bits per heavy atom. The van der Waals surface area contributed by atoms with E-state index in [0.29, 0.717) is 27.9 Å². The van der Waals surface area contributed by atoms with Crippen LogP contribution in [0.1, 0.15) is 6.92 Å².